The predicted molar refractivity (Wildman–Crippen MR) is 334 cm³/mol. The number of amides is 4. The van der Waals surface area contributed by atoms with Gasteiger partial charge in [-0.15, -0.1) is 0 Å². The highest BCUT2D eigenvalue weighted by molar-refractivity contribution is 5.86. The molecule has 10 nitrogen and oxygen atoms in total. The number of hydrogen-bond acceptors (Lipinski definition) is 6. The Morgan fingerprint density at radius 1 is 0.436 bits per heavy atom. The molecule has 0 saturated heterocycles. The van der Waals surface area contributed by atoms with Gasteiger partial charge in [0, 0.05) is 60.9 Å². The number of unbranched alkanes of at least 4 members (excludes halogenated alkanes) is 30. The van der Waals surface area contributed by atoms with Crippen LogP contribution >= 0.6 is 0 Å². The van der Waals surface area contributed by atoms with E-state index in [1.54, 1.807) is 12.4 Å². The van der Waals surface area contributed by atoms with Crippen molar-refractivity contribution < 1.29 is 19.8 Å². The number of phenols is 2. The fraction of sp³-hybridized carbons (Fsp3) is 0.765. The molecule has 78 heavy (non-hydrogen) atoms. The van der Waals surface area contributed by atoms with Crippen LogP contribution in [0, 0.1) is 0 Å². The molecule has 2 aromatic carbocycles. The van der Waals surface area contributed by atoms with Gasteiger partial charge < -0.3 is 31.5 Å². The van der Waals surface area contributed by atoms with Crippen molar-refractivity contribution >= 4 is 24.5 Å². The van der Waals surface area contributed by atoms with Gasteiger partial charge in [-0.05, 0) is 71.9 Å². The topological polar surface area (TPSA) is 147 Å². The van der Waals surface area contributed by atoms with Gasteiger partial charge in [-0.1, -0.05) is 261 Å². The summed E-state index contributed by atoms with van der Waals surface area (Å²) in [7, 11) is 0. The maximum atomic E-state index is 12.9. The second-order valence-electron chi connectivity index (χ2n) is 25.5. The maximum absolute atomic E-state index is 12.9. The lowest BCUT2D eigenvalue weighted by atomic mass is 9.84. The molecule has 0 bridgehead atoms. The molecule has 2 atom stereocenters. The summed E-state index contributed by atoms with van der Waals surface area (Å²) in [6, 6.07) is 7.29. The number of aliphatic imine (C=N–C) groups is 2. The summed E-state index contributed by atoms with van der Waals surface area (Å²) in [4.78, 5) is 35.9. The molecule has 10 heteroatoms. The number of aromatic hydroxyl groups is 2. The van der Waals surface area contributed by atoms with Crippen molar-refractivity contribution in [2.24, 2.45) is 9.98 Å². The normalized spacial score (nSPS) is 15.1. The molecule has 0 aliphatic heterocycles. The van der Waals surface area contributed by atoms with Gasteiger partial charge in [0.25, 0.3) is 0 Å². The molecule has 0 radical (unpaired) electrons. The number of phenolic OH excluding ortho intramolecular Hbond substituents is 2. The van der Waals surface area contributed by atoms with Gasteiger partial charge in [0.2, 0.25) is 0 Å². The number of nitrogens with one attached hydrogen (secondary N) is 4. The molecular formula is C68H118N6O4. The number of urea groups is 2. The summed E-state index contributed by atoms with van der Waals surface area (Å²) in [6.45, 7) is 19.1. The quantitative estimate of drug-likeness (QED) is 0.0290. The van der Waals surface area contributed by atoms with E-state index in [4.69, 9.17) is 9.98 Å². The Kier molecular flexibility index (Phi) is 35.8. The molecule has 3 rings (SSSR count). The average molecular weight is 1080 g/mol. The van der Waals surface area contributed by atoms with E-state index in [0.29, 0.717) is 37.3 Å². The molecule has 0 heterocycles. The molecule has 4 amide bonds. The maximum Gasteiger partial charge on any atom is 0.315 e. The summed E-state index contributed by atoms with van der Waals surface area (Å²) in [5.74, 6) is 0.413. The minimum atomic E-state index is -0.331. The number of hydrogen-bond donors (Lipinski definition) is 6. The van der Waals surface area contributed by atoms with Crippen molar-refractivity contribution in [1.82, 2.24) is 21.3 Å². The molecule has 2 aromatic rings. The summed E-state index contributed by atoms with van der Waals surface area (Å²) in [5, 5.41) is 35.3. The minimum absolute atomic E-state index is 0.100. The van der Waals surface area contributed by atoms with Gasteiger partial charge in [-0.2, -0.15) is 0 Å². The Balaban J connectivity index is 1.46. The first kappa shape index (κ1) is 68.2. The van der Waals surface area contributed by atoms with Gasteiger partial charge in [0.05, 0.1) is 12.1 Å². The number of nitrogens with zero attached hydrogens (tertiary/aromatic N) is 2. The van der Waals surface area contributed by atoms with Crippen molar-refractivity contribution in [2.75, 3.05) is 13.1 Å². The van der Waals surface area contributed by atoms with E-state index in [-0.39, 0.29) is 46.5 Å². The van der Waals surface area contributed by atoms with Crippen LogP contribution < -0.4 is 21.3 Å². The zero-order chi connectivity index (χ0) is 56.7. The van der Waals surface area contributed by atoms with Gasteiger partial charge in [-0.3, -0.25) is 9.98 Å². The van der Waals surface area contributed by atoms with E-state index in [2.05, 4.69) is 76.7 Å². The van der Waals surface area contributed by atoms with Crippen LogP contribution in [0.3, 0.4) is 0 Å². The molecule has 6 N–H and O–H groups in total. The van der Waals surface area contributed by atoms with Gasteiger partial charge in [0.1, 0.15) is 11.5 Å². The Labute approximate surface area is 478 Å². The fourth-order valence-electron chi connectivity index (χ4n) is 11.0. The van der Waals surface area contributed by atoms with E-state index < -0.39 is 0 Å². The molecule has 0 aromatic heterocycles. The second-order valence-corrected chi connectivity index (χ2v) is 25.5. The number of benzene rings is 2. The fourth-order valence-corrected chi connectivity index (χ4v) is 11.0. The molecular weight excluding hydrogens is 965 g/mol. The largest absolute Gasteiger partial charge is 0.507 e. The average Bonchev–Trinajstić information content (AvgIpc) is 3.45. The number of rotatable bonds is 42. The number of carbonyl (C=O) groups excluding carboxylic acids is 2. The second kappa shape index (κ2) is 41.0. The highest BCUT2D eigenvalue weighted by Crippen LogP contribution is 2.36. The van der Waals surface area contributed by atoms with Crippen molar-refractivity contribution in [3.63, 3.8) is 0 Å². The first-order chi connectivity index (χ1) is 37.6. The van der Waals surface area contributed by atoms with Crippen LogP contribution in [-0.2, 0) is 23.9 Å². The number of carbonyl (C=O) groups is 2. The summed E-state index contributed by atoms with van der Waals surface area (Å²) in [5.41, 5.74) is 4.02. The first-order valence-corrected chi connectivity index (χ1v) is 32.5. The predicted octanol–water partition coefficient (Wildman–Crippen LogP) is 18.7. The van der Waals surface area contributed by atoms with E-state index in [0.717, 1.165) is 73.6 Å². The van der Waals surface area contributed by atoms with Crippen LogP contribution in [0.2, 0.25) is 0 Å². The van der Waals surface area contributed by atoms with Crippen LogP contribution in [0.1, 0.15) is 320 Å². The zero-order valence-corrected chi connectivity index (χ0v) is 51.5. The molecule has 1 aliphatic rings. The van der Waals surface area contributed by atoms with E-state index in [9.17, 15) is 19.8 Å². The molecule has 1 saturated carbocycles. The summed E-state index contributed by atoms with van der Waals surface area (Å²) >= 11 is 0. The molecule has 1 fully saturated rings. The molecule has 0 spiro atoms. The highest BCUT2D eigenvalue weighted by Gasteiger charge is 2.26. The Hall–Kier alpha value is -4.08. The van der Waals surface area contributed by atoms with Crippen LogP contribution in [-0.4, -0.2) is 59.9 Å². The summed E-state index contributed by atoms with van der Waals surface area (Å²) in [6.07, 6.45) is 49.8. The minimum Gasteiger partial charge on any atom is -0.507 e. The van der Waals surface area contributed by atoms with Crippen LogP contribution in [0.25, 0.3) is 0 Å². The van der Waals surface area contributed by atoms with Crippen molar-refractivity contribution in [2.45, 2.75) is 323 Å². The van der Waals surface area contributed by atoms with Crippen LogP contribution in [0.15, 0.2) is 34.3 Å². The van der Waals surface area contributed by atoms with Crippen molar-refractivity contribution in [3.05, 3.63) is 57.6 Å². The smallest absolute Gasteiger partial charge is 0.315 e. The Morgan fingerprint density at radius 2 is 0.705 bits per heavy atom. The standard InChI is InChI=1S/C68H118N6O4/c1-9-11-13-15-17-19-21-23-25-27-29-31-33-35-37-41-45-69-65(77)73-51-55-47-57(63(75)59(49-55)67(3,4)5)53-71-61-43-39-40-44-62(61)72-54-58-48-56(50-60(64(58)76)68(6,7)8)52-74-66(78)70-46-42-38-36-34-32-30-28-26-24-22-20-18-16-14-12-10-2/h47-50,53-54,61-62,75-76H,9-46,51-52H2,1-8H3,(H2,69,73,77)(H2,70,74,78)/t61-,62-/m1/s1. The lowest BCUT2D eigenvalue weighted by molar-refractivity contribution is 0.239. The Morgan fingerprint density at radius 3 is 0.974 bits per heavy atom. The highest BCUT2D eigenvalue weighted by atomic mass is 16.3. The molecule has 0 unspecified atom stereocenters. The molecule has 444 valence electrons. The van der Waals surface area contributed by atoms with Crippen LogP contribution in [0.4, 0.5) is 9.59 Å². The SMILES string of the molecule is CCCCCCCCCCCCCCCCCCNC(=O)NCc1cc(C=N[C@@H]2CCCC[C@H]2N=Cc2cc(CNC(=O)NCCCCCCCCCCCCCCCCCC)cc(C(C)(C)C)c2O)c(O)c(C(C)(C)C)c1. The lowest BCUT2D eigenvalue weighted by Crippen LogP contribution is -2.35. The Bertz CT molecular complexity index is 1830. The lowest BCUT2D eigenvalue weighted by Gasteiger charge is -2.26. The zero-order valence-electron chi connectivity index (χ0n) is 51.5. The van der Waals surface area contributed by atoms with Gasteiger partial charge >= 0.3 is 12.1 Å². The van der Waals surface area contributed by atoms with E-state index in [1.807, 2.05) is 24.3 Å². The molecule has 1 aliphatic carbocycles. The van der Waals surface area contributed by atoms with Crippen LogP contribution in [0.5, 0.6) is 11.5 Å². The van der Waals surface area contributed by atoms with Gasteiger partial charge in [-0.25, -0.2) is 9.59 Å². The van der Waals surface area contributed by atoms with E-state index >= 15 is 0 Å². The van der Waals surface area contributed by atoms with Gasteiger partial charge in [0.15, 0.2) is 0 Å². The third kappa shape index (κ3) is 30.5. The first-order valence-electron chi connectivity index (χ1n) is 32.5. The summed E-state index contributed by atoms with van der Waals surface area (Å²) < 4.78 is 0. The monoisotopic (exact) mass is 1080 g/mol. The third-order valence-corrected chi connectivity index (χ3v) is 16.1. The third-order valence-electron chi connectivity index (χ3n) is 16.1. The van der Waals surface area contributed by atoms with Crippen molar-refractivity contribution in [3.8, 4) is 11.5 Å². The van der Waals surface area contributed by atoms with E-state index in [1.165, 1.54) is 180 Å². The van der Waals surface area contributed by atoms with Crippen molar-refractivity contribution in [1.29, 1.82) is 0 Å².